The Balaban J connectivity index is 1.80. The van der Waals surface area contributed by atoms with Gasteiger partial charge in [-0.3, -0.25) is 4.79 Å². The molecule has 0 bridgehead atoms. The van der Waals surface area contributed by atoms with Gasteiger partial charge in [0.15, 0.2) is 0 Å². The average Bonchev–Trinajstić information content (AvgIpc) is 3.12. The highest BCUT2D eigenvalue weighted by atomic mass is 19.4. The van der Waals surface area contributed by atoms with Gasteiger partial charge in [-0.05, 0) is 42.7 Å². The molecule has 0 saturated heterocycles. The number of alkyl halides is 3. The number of nitrogens with zero attached hydrogens (tertiary/aromatic N) is 2. The third-order valence-corrected chi connectivity index (χ3v) is 5.66. The van der Waals surface area contributed by atoms with Crippen molar-refractivity contribution < 1.29 is 18.0 Å². The van der Waals surface area contributed by atoms with E-state index in [9.17, 15) is 18.0 Å². The van der Waals surface area contributed by atoms with Crippen LogP contribution in [0.5, 0.6) is 0 Å². The summed E-state index contributed by atoms with van der Waals surface area (Å²) in [6.07, 6.45) is 3.05. The molecule has 2 aromatic rings. The Bertz CT molecular complexity index is 820. The summed E-state index contributed by atoms with van der Waals surface area (Å²) in [4.78, 5) is 14.9. The van der Waals surface area contributed by atoms with E-state index >= 15 is 0 Å². The zero-order valence-electron chi connectivity index (χ0n) is 17.1. The van der Waals surface area contributed by atoms with Crippen LogP contribution in [0.15, 0.2) is 42.6 Å². The Hall–Kier alpha value is -2.24. The van der Waals surface area contributed by atoms with Crippen molar-refractivity contribution in [3.63, 3.8) is 0 Å². The smallest absolute Gasteiger partial charge is 0.345 e. The van der Waals surface area contributed by atoms with Gasteiger partial charge in [0.05, 0.1) is 12.1 Å². The number of halogens is 3. The monoisotopic (exact) mass is 406 g/mol. The lowest BCUT2D eigenvalue weighted by Crippen LogP contribution is -2.43. The van der Waals surface area contributed by atoms with Crippen LogP contribution in [0.4, 0.5) is 13.2 Å². The van der Waals surface area contributed by atoms with Crippen LogP contribution in [0, 0.1) is 5.92 Å². The molecule has 0 atom stereocenters. The normalized spacial score (nSPS) is 15.7. The summed E-state index contributed by atoms with van der Waals surface area (Å²) in [7, 11) is 0. The minimum atomic E-state index is -4.35. The predicted molar refractivity (Wildman–Crippen MR) is 107 cm³/mol. The molecule has 0 radical (unpaired) electrons. The SMILES string of the molecule is CC(C)C(=O)N(Cc1cccn1Cc1cccc(C(F)(F)F)c1)C1CCCCC1. The molecule has 1 amide bonds. The molecule has 1 aromatic heterocycles. The molecule has 0 aliphatic heterocycles. The first kappa shape index (κ1) is 21.5. The van der Waals surface area contributed by atoms with Crippen LogP contribution in [0.3, 0.4) is 0 Å². The fraction of sp³-hybridized carbons (Fsp3) is 0.522. The largest absolute Gasteiger partial charge is 0.416 e. The molecule has 3 nitrogen and oxygen atoms in total. The van der Waals surface area contributed by atoms with Gasteiger partial charge in [-0.2, -0.15) is 13.2 Å². The maximum atomic E-state index is 13.0. The van der Waals surface area contributed by atoms with Gasteiger partial charge in [-0.15, -0.1) is 0 Å². The molecule has 1 aliphatic carbocycles. The molecule has 0 unspecified atom stereocenters. The van der Waals surface area contributed by atoms with Crippen LogP contribution < -0.4 is 0 Å². The van der Waals surface area contributed by atoms with Crippen molar-refractivity contribution in [2.45, 2.75) is 71.3 Å². The van der Waals surface area contributed by atoms with Gasteiger partial charge >= 0.3 is 6.18 Å². The minimum Gasteiger partial charge on any atom is -0.345 e. The minimum absolute atomic E-state index is 0.0798. The van der Waals surface area contributed by atoms with E-state index in [1.807, 2.05) is 41.6 Å². The fourth-order valence-corrected chi connectivity index (χ4v) is 4.08. The lowest BCUT2D eigenvalue weighted by atomic mass is 9.93. The highest BCUT2D eigenvalue weighted by Gasteiger charge is 2.30. The van der Waals surface area contributed by atoms with Crippen molar-refractivity contribution in [3.8, 4) is 0 Å². The maximum Gasteiger partial charge on any atom is 0.416 e. The number of carbonyl (C=O) groups is 1. The Morgan fingerprint density at radius 3 is 2.52 bits per heavy atom. The summed E-state index contributed by atoms with van der Waals surface area (Å²) in [5, 5.41) is 0. The molecular formula is C23H29F3N2O. The molecule has 1 fully saturated rings. The number of benzene rings is 1. The number of carbonyl (C=O) groups excluding carboxylic acids is 1. The van der Waals surface area contributed by atoms with Crippen LogP contribution in [0.2, 0.25) is 0 Å². The molecule has 1 saturated carbocycles. The number of hydrogen-bond acceptors (Lipinski definition) is 1. The quantitative estimate of drug-likeness (QED) is 0.589. The van der Waals surface area contributed by atoms with E-state index in [1.54, 1.807) is 6.07 Å². The van der Waals surface area contributed by atoms with Gasteiger partial charge in [-0.25, -0.2) is 0 Å². The van der Waals surface area contributed by atoms with Crippen LogP contribution in [-0.4, -0.2) is 21.4 Å². The highest BCUT2D eigenvalue weighted by Crippen LogP contribution is 2.30. The number of aromatic nitrogens is 1. The summed E-state index contributed by atoms with van der Waals surface area (Å²) in [6.45, 7) is 4.67. The molecule has 0 N–H and O–H groups in total. The second-order valence-corrected chi connectivity index (χ2v) is 8.24. The van der Waals surface area contributed by atoms with Crippen molar-refractivity contribution >= 4 is 5.91 Å². The van der Waals surface area contributed by atoms with Crippen LogP contribution in [0.25, 0.3) is 0 Å². The van der Waals surface area contributed by atoms with Crippen molar-refractivity contribution in [2.24, 2.45) is 5.92 Å². The van der Waals surface area contributed by atoms with Crippen molar-refractivity contribution in [1.82, 2.24) is 9.47 Å². The lowest BCUT2D eigenvalue weighted by molar-refractivity contribution is -0.139. The number of hydrogen-bond donors (Lipinski definition) is 0. The summed E-state index contributed by atoms with van der Waals surface area (Å²) in [5.41, 5.74) is 0.904. The average molecular weight is 406 g/mol. The van der Waals surface area contributed by atoms with Gasteiger partial charge < -0.3 is 9.47 Å². The molecule has 158 valence electrons. The lowest BCUT2D eigenvalue weighted by Gasteiger charge is -2.36. The summed E-state index contributed by atoms with van der Waals surface area (Å²) < 4.78 is 41.0. The molecule has 1 aliphatic rings. The molecule has 1 heterocycles. The maximum absolute atomic E-state index is 13.0. The van der Waals surface area contributed by atoms with Gasteiger partial charge in [0, 0.05) is 30.4 Å². The third-order valence-electron chi connectivity index (χ3n) is 5.66. The highest BCUT2D eigenvalue weighted by molar-refractivity contribution is 5.78. The number of rotatable bonds is 6. The fourth-order valence-electron chi connectivity index (χ4n) is 4.08. The molecule has 0 spiro atoms. The first-order chi connectivity index (χ1) is 13.8. The van der Waals surface area contributed by atoms with Gasteiger partial charge in [0.1, 0.15) is 0 Å². The second-order valence-electron chi connectivity index (χ2n) is 8.24. The second kappa shape index (κ2) is 9.06. The van der Waals surface area contributed by atoms with Gasteiger partial charge in [-0.1, -0.05) is 45.2 Å². The first-order valence-corrected chi connectivity index (χ1v) is 10.4. The topological polar surface area (TPSA) is 25.2 Å². The Labute approximate surface area is 170 Å². The standard InChI is InChI=1S/C23H29F3N2O/c1-17(2)22(29)28(20-10-4-3-5-11-20)16-21-12-7-13-27(21)15-18-8-6-9-19(14-18)23(24,25)26/h6-9,12-14,17,20H,3-5,10-11,15-16H2,1-2H3. The van der Waals surface area contributed by atoms with E-state index in [1.165, 1.54) is 18.6 Å². The van der Waals surface area contributed by atoms with Gasteiger partial charge in [0.2, 0.25) is 5.91 Å². The van der Waals surface area contributed by atoms with Crippen molar-refractivity contribution in [1.29, 1.82) is 0 Å². The molecule has 3 rings (SSSR count). The summed E-state index contributed by atoms with van der Waals surface area (Å²) in [5.74, 6) is 0.0625. The van der Waals surface area contributed by atoms with E-state index in [4.69, 9.17) is 0 Å². The molecule has 6 heteroatoms. The van der Waals surface area contributed by atoms with Crippen molar-refractivity contribution in [3.05, 3.63) is 59.4 Å². The summed E-state index contributed by atoms with van der Waals surface area (Å²) in [6, 6.07) is 9.53. The Morgan fingerprint density at radius 1 is 1.14 bits per heavy atom. The van der Waals surface area contributed by atoms with Crippen LogP contribution in [0.1, 0.15) is 62.8 Å². The van der Waals surface area contributed by atoms with E-state index in [0.29, 0.717) is 18.7 Å². The first-order valence-electron chi connectivity index (χ1n) is 10.4. The zero-order valence-corrected chi connectivity index (χ0v) is 17.1. The number of amides is 1. The zero-order chi connectivity index (χ0) is 21.0. The van der Waals surface area contributed by atoms with E-state index in [0.717, 1.165) is 37.4 Å². The van der Waals surface area contributed by atoms with E-state index in [-0.39, 0.29) is 17.9 Å². The van der Waals surface area contributed by atoms with E-state index < -0.39 is 11.7 Å². The Kier molecular flexibility index (Phi) is 6.70. The van der Waals surface area contributed by atoms with E-state index in [2.05, 4.69) is 0 Å². The van der Waals surface area contributed by atoms with Gasteiger partial charge in [0.25, 0.3) is 0 Å². The van der Waals surface area contributed by atoms with Crippen LogP contribution in [-0.2, 0) is 24.1 Å². The molecule has 1 aromatic carbocycles. The summed E-state index contributed by atoms with van der Waals surface area (Å²) >= 11 is 0. The molecule has 29 heavy (non-hydrogen) atoms. The van der Waals surface area contributed by atoms with Crippen molar-refractivity contribution in [2.75, 3.05) is 0 Å². The predicted octanol–water partition coefficient (Wildman–Crippen LogP) is 5.87. The third kappa shape index (κ3) is 5.43. The Morgan fingerprint density at radius 2 is 1.86 bits per heavy atom. The van der Waals surface area contributed by atoms with Crippen LogP contribution >= 0.6 is 0 Å². The molecular weight excluding hydrogens is 377 g/mol.